The average molecular weight is 743 g/mol. The lowest BCUT2D eigenvalue weighted by atomic mass is 10.1. The molecule has 2 unspecified atom stereocenters. The van der Waals surface area contributed by atoms with E-state index >= 15 is 0 Å². The molecule has 4 aromatic rings. The quantitative estimate of drug-likeness (QED) is 0.0661. The third-order valence-electron chi connectivity index (χ3n) is 7.13. The standard InChI is InChI=1S/C12H16N3O8P.C10H13ClN5O7P/c1-5-13-10-6(11(18)14-5)2-3-15(10)12-9(17)8(16)7(23-12)4-22-24(19,20)21;11-7-4-8(15-10(12)14-7)16(2-13-4)9-6(18)5(17)3(23-9)1-22-24(19,20)21/h2-3,7-9,12,16-17H,4H2,1H3,(H,13,14,18)(H2,19,20,21);2-3,5-6,9,17-18H,1H2,(H2,12,14,15)(H2,19,20,21)/t7?,8-,9-,12-;3?,5-,6-,9-/m11/s1. The Morgan fingerprint density at radius 3 is 1.98 bits per heavy atom. The van der Waals surface area contributed by atoms with Gasteiger partial charge in [-0.25, -0.2) is 19.1 Å². The summed E-state index contributed by atoms with van der Waals surface area (Å²) in [7, 11) is -9.48. The number of hydrogen-bond donors (Lipinski definition) is 10. The molecular formula is C22H29ClN8O15P2. The minimum Gasteiger partial charge on any atom is -0.387 e. The number of fused-ring (bicyclic) bond motifs is 2. The summed E-state index contributed by atoms with van der Waals surface area (Å²) in [6.07, 6.45) is -7.53. The largest absolute Gasteiger partial charge is 0.469 e. The molecule has 6 heterocycles. The molecule has 6 rings (SSSR count). The van der Waals surface area contributed by atoms with Crippen molar-refractivity contribution in [1.29, 1.82) is 0 Å². The van der Waals surface area contributed by atoms with E-state index in [1.165, 1.54) is 27.7 Å². The summed E-state index contributed by atoms with van der Waals surface area (Å²) in [6.45, 7) is 0.365. The lowest BCUT2D eigenvalue weighted by molar-refractivity contribution is -0.0503. The van der Waals surface area contributed by atoms with Crippen molar-refractivity contribution < 1.29 is 67.7 Å². The predicted molar refractivity (Wildman–Crippen MR) is 158 cm³/mol. The molecule has 0 aromatic carbocycles. The molecule has 2 saturated heterocycles. The number of hydrogen-bond acceptors (Lipinski definition) is 16. The molecule has 0 amide bonds. The number of phosphoric ester groups is 2. The maximum absolute atomic E-state index is 11.9. The van der Waals surface area contributed by atoms with Gasteiger partial charge in [0.2, 0.25) is 5.95 Å². The van der Waals surface area contributed by atoms with Crippen LogP contribution in [-0.2, 0) is 27.7 Å². The van der Waals surface area contributed by atoms with Gasteiger partial charge in [0.15, 0.2) is 23.3 Å². The second kappa shape index (κ2) is 13.7. The number of aromatic amines is 1. The van der Waals surface area contributed by atoms with Gasteiger partial charge in [0.25, 0.3) is 5.56 Å². The highest BCUT2D eigenvalue weighted by Gasteiger charge is 2.46. The van der Waals surface area contributed by atoms with Crippen LogP contribution in [-0.4, -0.2) is 124 Å². The van der Waals surface area contributed by atoms with E-state index < -0.39 is 77.9 Å². The first-order chi connectivity index (χ1) is 22.3. The van der Waals surface area contributed by atoms with E-state index in [4.69, 9.17) is 46.4 Å². The van der Waals surface area contributed by atoms with Gasteiger partial charge in [-0.15, -0.1) is 0 Å². The molecule has 2 aliphatic heterocycles. The van der Waals surface area contributed by atoms with Gasteiger partial charge in [0, 0.05) is 6.20 Å². The van der Waals surface area contributed by atoms with Crippen LogP contribution >= 0.6 is 27.2 Å². The van der Waals surface area contributed by atoms with Crippen molar-refractivity contribution in [3.63, 3.8) is 0 Å². The zero-order valence-corrected chi connectivity index (χ0v) is 26.8. The van der Waals surface area contributed by atoms with Gasteiger partial charge in [-0.3, -0.25) is 18.4 Å². The van der Waals surface area contributed by atoms with Crippen LogP contribution in [0.1, 0.15) is 18.3 Å². The first kappa shape index (κ1) is 36.3. The van der Waals surface area contributed by atoms with Crippen molar-refractivity contribution in [1.82, 2.24) is 34.1 Å². The molecule has 0 aliphatic carbocycles. The number of aliphatic hydroxyl groups excluding tert-OH is 4. The Morgan fingerprint density at radius 1 is 0.896 bits per heavy atom. The molecule has 0 saturated carbocycles. The second-order valence-electron chi connectivity index (χ2n) is 10.5. The normalized spacial score (nSPS) is 27.9. The zero-order valence-electron chi connectivity index (χ0n) is 24.2. The lowest BCUT2D eigenvalue weighted by Crippen LogP contribution is -2.33. The number of aliphatic hydroxyl groups is 4. The number of rotatable bonds is 8. The van der Waals surface area contributed by atoms with Crippen LogP contribution in [0.3, 0.4) is 0 Å². The molecule has 26 heteroatoms. The van der Waals surface area contributed by atoms with E-state index in [0.29, 0.717) is 5.82 Å². The fourth-order valence-corrected chi connectivity index (χ4v) is 5.88. The molecule has 23 nitrogen and oxygen atoms in total. The highest BCUT2D eigenvalue weighted by molar-refractivity contribution is 7.46. The molecule has 48 heavy (non-hydrogen) atoms. The van der Waals surface area contributed by atoms with Crippen LogP contribution in [0, 0.1) is 6.92 Å². The van der Waals surface area contributed by atoms with Gasteiger partial charge in [-0.1, -0.05) is 11.6 Å². The number of nitrogens with zero attached hydrogens (tertiary/aromatic N) is 6. The molecule has 2 fully saturated rings. The van der Waals surface area contributed by atoms with E-state index in [0.717, 1.165) is 0 Å². The van der Waals surface area contributed by atoms with Crippen LogP contribution < -0.4 is 11.3 Å². The number of aryl methyl sites for hydroxylation is 1. The van der Waals surface area contributed by atoms with Gasteiger partial charge in [-0.2, -0.15) is 9.97 Å². The maximum atomic E-state index is 11.9. The molecular weight excluding hydrogens is 714 g/mol. The smallest absolute Gasteiger partial charge is 0.387 e. The van der Waals surface area contributed by atoms with Crippen molar-refractivity contribution in [3.05, 3.63) is 39.9 Å². The Labute approximate surface area is 272 Å². The Bertz CT molecular complexity index is 1950. The van der Waals surface area contributed by atoms with Crippen LogP contribution in [0.2, 0.25) is 5.15 Å². The molecule has 4 aromatic heterocycles. The third kappa shape index (κ3) is 7.75. The topological polar surface area (TPSA) is 353 Å². The number of nitrogens with two attached hydrogens (primary N) is 1. The number of aromatic nitrogens is 7. The number of halogens is 1. The molecule has 264 valence electrons. The Balaban J connectivity index is 0.000000188. The summed E-state index contributed by atoms with van der Waals surface area (Å²) in [5.74, 6) is 0.241. The summed E-state index contributed by atoms with van der Waals surface area (Å²) in [5.41, 5.74) is 5.81. The van der Waals surface area contributed by atoms with Gasteiger partial charge in [0.1, 0.15) is 53.6 Å². The number of anilines is 1. The lowest BCUT2D eigenvalue weighted by Gasteiger charge is -2.17. The highest BCUT2D eigenvalue weighted by atomic mass is 35.5. The summed E-state index contributed by atoms with van der Waals surface area (Å²) in [5, 5.41) is 40.6. The number of phosphoric acid groups is 2. The van der Waals surface area contributed by atoms with Gasteiger partial charge in [0.05, 0.1) is 24.9 Å². The summed E-state index contributed by atoms with van der Waals surface area (Å²) in [6, 6.07) is 1.49. The number of nitrogen functional groups attached to an aromatic ring is 1. The van der Waals surface area contributed by atoms with E-state index in [2.05, 4.69) is 34.0 Å². The number of ether oxygens (including phenoxy) is 2. The maximum Gasteiger partial charge on any atom is 0.469 e. The minimum absolute atomic E-state index is 0.00525. The summed E-state index contributed by atoms with van der Waals surface area (Å²) in [4.78, 5) is 65.2. The monoisotopic (exact) mass is 742 g/mol. The average Bonchev–Trinajstić information content (AvgIpc) is 3.72. The fourth-order valence-electron chi connectivity index (χ4n) is 4.98. The molecule has 0 spiro atoms. The van der Waals surface area contributed by atoms with Gasteiger partial charge >= 0.3 is 15.6 Å². The van der Waals surface area contributed by atoms with Crippen molar-refractivity contribution in [2.24, 2.45) is 0 Å². The van der Waals surface area contributed by atoms with E-state index in [1.54, 1.807) is 6.92 Å². The van der Waals surface area contributed by atoms with Gasteiger partial charge in [-0.05, 0) is 13.0 Å². The zero-order chi connectivity index (χ0) is 35.3. The molecule has 2 aliphatic rings. The first-order valence-corrected chi connectivity index (χ1v) is 16.9. The van der Waals surface area contributed by atoms with Crippen LogP contribution in [0.15, 0.2) is 23.4 Å². The Morgan fingerprint density at radius 2 is 1.44 bits per heavy atom. The van der Waals surface area contributed by atoms with Crippen molar-refractivity contribution in [2.45, 2.75) is 56.0 Å². The molecule has 11 N–H and O–H groups in total. The predicted octanol–water partition coefficient (Wildman–Crippen LogP) is -2.45. The van der Waals surface area contributed by atoms with E-state index in [-0.39, 0.29) is 38.9 Å². The molecule has 0 bridgehead atoms. The minimum atomic E-state index is -4.74. The Kier molecular flexibility index (Phi) is 10.4. The molecule has 8 atom stereocenters. The first-order valence-electron chi connectivity index (χ1n) is 13.5. The van der Waals surface area contributed by atoms with Crippen molar-refractivity contribution in [2.75, 3.05) is 18.9 Å². The van der Waals surface area contributed by atoms with Gasteiger partial charge < -0.3 is 64.8 Å². The number of imidazole rings is 1. The van der Waals surface area contributed by atoms with Crippen LogP contribution in [0.25, 0.3) is 22.2 Å². The van der Waals surface area contributed by atoms with E-state index in [1.807, 2.05) is 0 Å². The summed E-state index contributed by atoms with van der Waals surface area (Å²) >= 11 is 5.91. The second-order valence-corrected chi connectivity index (χ2v) is 13.3. The Hall–Kier alpha value is -2.96. The highest BCUT2D eigenvalue weighted by Crippen LogP contribution is 2.40. The fraction of sp³-hybridized carbons (Fsp3) is 0.500. The summed E-state index contributed by atoms with van der Waals surface area (Å²) < 4.78 is 43.7. The van der Waals surface area contributed by atoms with Crippen molar-refractivity contribution in [3.8, 4) is 0 Å². The van der Waals surface area contributed by atoms with Crippen LogP contribution in [0.4, 0.5) is 5.95 Å². The van der Waals surface area contributed by atoms with Crippen LogP contribution in [0.5, 0.6) is 0 Å². The third-order valence-corrected chi connectivity index (χ3v) is 8.37. The number of H-pyrrole nitrogens is 1. The van der Waals surface area contributed by atoms with Crippen molar-refractivity contribution >= 4 is 55.4 Å². The SMILES string of the molecule is Cc1nc2c(ccn2[C@@H]2OC(COP(=O)(O)O)[C@@H](O)[C@H]2O)c(=O)[nH]1.Nc1nc(Cl)c2ncn([C@@H]3OC(COP(=O)(O)O)[C@@H](O)[C@H]3O)c2n1. The number of nitrogens with one attached hydrogen (secondary N) is 1. The van der Waals surface area contributed by atoms with E-state index in [9.17, 15) is 34.4 Å². The molecule has 0 radical (unpaired) electrons.